The summed E-state index contributed by atoms with van der Waals surface area (Å²) in [4.78, 5) is 30.7. The summed E-state index contributed by atoms with van der Waals surface area (Å²) >= 11 is 0. The number of anilines is 1. The van der Waals surface area contributed by atoms with Gasteiger partial charge in [0.25, 0.3) is 5.91 Å². The largest absolute Gasteiger partial charge is 0.497 e. The highest BCUT2D eigenvalue weighted by atomic mass is 16.5. The normalized spacial score (nSPS) is 14.3. The molecule has 2 heterocycles. The lowest BCUT2D eigenvalue weighted by Gasteiger charge is -2.17. The van der Waals surface area contributed by atoms with E-state index in [1.165, 1.54) is 0 Å². The molecule has 1 aromatic heterocycles. The Balaban J connectivity index is 1.71. The molecule has 1 aromatic carbocycles. The molecule has 0 aliphatic carbocycles. The summed E-state index contributed by atoms with van der Waals surface area (Å²) in [6.45, 7) is 9.35. The number of aromatic amines is 1. The van der Waals surface area contributed by atoms with E-state index in [-0.39, 0.29) is 11.7 Å². The number of unbranched alkanes of at least 4 members (excludes halogenated alkanes) is 1. The van der Waals surface area contributed by atoms with Gasteiger partial charge in [-0.05, 0) is 75.3 Å². The van der Waals surface area contributed by atoms with Gasteiger partial charge in [0.05, 0.1) is 18.4 Å². The maximum atomic E-state index is 12.7. The van der Waals surface area contributed by atoms with Gasteiger partial charge in [0.2, 0.25) is 0 Å². The van der Waals surface area contributed by atoms with Crippen LogP contribution in [-0.2, 0) is 4.79 Å². The van der Waals surface area contributed by atoms with E-state index in [2.05, 4.69) is 29.0 Å². The first-order valence-corrected chi connectivity index (χ1v) is 10.6. The monoisotopic (exact) mass is 409 g/mol. The van der Waals surface area contributed by atoms with E-state index in [4.69, 9.17) is 4.74 Å². The first kappa shape index (κ1) is 21.8. The summed E-state index contributed by atoms with van der Waals surface area (Å²) in [6, 6.07) is 7.41. The van der Waals surface area contributed by atoms with Crippen LogP contribution in [-0.4, -0.2) is 48.3 Å². The number of nitrogens with one attached hydrogen (secondary N) is 2. The van der Waals surface area contributed by atoms with Gasteiger partial charge in [-0.25, -0.2) is 0 Å². The molecule has 0 atom stereocenters. The van der Waals surface area contributed by atoms with Crippen LogP contribution < -0.4 is 10.1 Å². The molecule has 160 valence electrons. The van der Waals surface area contributed by atoms with Gasteiger partial charge in [0, 0.05) is 23.4 Å². The summed E-state index contributed by atoms with van der Waals surface area (Å²) in [6.07, 6.45) is 4.21. The number of aromatic nitrogens is 1. The van der Waals surface area contributed by atoms with E-state index in [1.54, 1.807) is 13.2 Å². The standard InChI is InChI=1S/C24H31N3O3/c1-5-27(6-2)12-8-7-9-22(28)23-16(3)13-17(25-23)14-20-19-15-18(30-4)10-11-21(19)26-24(20)29/h10-11,13-15,25H,5-9,12H2,1-4H3,(H,26,29)/b20-14-. The number of amides is 1. The molecule has 3 rings (SSSR count). The van der Waals surface area contributed by atoms with Gasteiger partial charge < -0.3 is 19.9 Å². The van der Waals surface area contributed by atoms with E-state index in [9.17, 15) is 9.59 Å². The maximum Gasteiger partial charge on any atom is 0.256 e. The zero-order valence-corrected chi connectivity index (χ0v) is 18.3. The van der Waals surface area contributed by atoms with Crippen molar-refractivity contribution in [2.45, 2.75) is 40.0 Å². The Morgan fingerprint density at radius 1 is 1.17 bits per heavy atom. The molecule has 0 spiro atoms. The molecule has 0 radical (unpaired) electrons. The molecular formula is C24H31N3O3. The summed E-state index contributed by atoms with van der Waals surface area (Å²) in [5.41, 5.74) is 4.41. The van der Waals surface area contributed by atoms with Crippen LogP contribution in [0.1, 0.15) is 60.4 Å². The van der Waals surface area contributed by atoms with Gasteiger partial charge in [0.15, 0.2) is 5.78 Å². The summed E-state index contributed by atoms with van der Waals surface area (Å²) in [7, 11) is 1.60. The zero-order chi connectivity index (χ0) is 21.7. The fourth-order valence-corrected chi connectivity index (χ4v) is 3.83. The topological polar surface area (TPSA) is 74.4 Å². The first-order valence-electron chi connectivity index (χ1n) is 10.6. The molecular weight excluding hydrogens is 378 g/mol. The van der Waals surface area contributed by atoms with Gasteiger partial charge in [-0.3, -0.25) is 9.59 Å². The zero-order valence-electron chi connectivity index (χ0n) is 18.3. The molecule has 0 saturated carbocycles. The Labute approximate surface area is 178 Å². The minimum atomic E-state index is -0.158. The number of hydrogen-bond donors (Lipinski definition) is 2. The van der Waals surface area contributed by atoms with Crippen molar-refractivity contribution >= 4 is 29.0 Å². The van der Waals surface area contributed by atoms with Crippen molar-refractivity contribution in [3.63, 3.8) is 0 Å². The highest BCUT2D eigenvalue weighted by Gasteiger charge is 2.25. The van der Waals surface area contributed by atoms with Gasteiger partial charge in [0.1, 0.15) is 5.75 Å². The number of hydrogen-bond acceptors (Lipinski definition) is 4. The van der Waals surface area contributed by atoms with Crippen LogP contribution in [0.5, 0.6) is 5.75 Å². The fourth-order valence-electron chi connectivity index (χ4n) is 3.83. The van der Waals surface area contributed by atoms with E-state index < -0.39 is 0 Å². The van der Waals surface area contributed by atoms with Crippen LogP contribution >= 0.6 is 0 Å². The maximum absolute atomic E-state index is 12.7. The number of fused-ring (bicyclic) bond motifs is 1. The number of ketones is 1. The lowest BCUT2D eigenvalue weighted by atomic mass is 10.1. The van der Waals surface area contributed by atoms with E-state index in [0.717, 1.165) is 55.0 Å². The molecule has 1 amide bonds. The molecule has 0 fully saturated rings. The molecule has 0 saturated heterocycles. The van der Waals surface area contributed by atoms with Gasteiger partial charge >= 0.3 is 0 Å². The number of carbonyl (C=O) groups is 2. The third-order valence-electron chi connectivity index (χ3n) is 5.65. The molecule has 0 unspecified atom stereocenters. The molecule has 2 N–H and O–H groups in total. The summed E-state index contributed by atoms with van der Waals surface area (Å²) in [5, 5.41) is 2.87. The number of H-pyrrole nitrogens is 1. The van der Waals surface area contributed by atoms with Crippen LogP contribution in [0.2, 0.25) is 0 Å². The van der Waals surface area contributed by atoms with Crippen molar-refractivity contribution in [3.05, 3.63) is 46.8 Å². The number of aryl methyl sites for hydroxylation is 1. The van der Waals surface area contributed by atoms with Crippen LogP contribution in [0.15, 0.2) is 24.3 Å². The number of benzene rings is 1. The van der Waals surface area contributed by atoms with Crippen LogP contribution in [0, 0.1) is 6.92 Å². The second kappa shape index (κ2) is 9.76. The van der Waals surface area contributed by atoms with E-state index in [0.29, 0.717) is 23.4 Å². The number of methoxy groups -OCH3 is 1. The van der Waals surface area contributed by atoms with Crippen molar-refractivity contribution in [1.82, 2.24) is 9.88 Å². The van der Waals surface area contributed by atoms with Gasteiger partial charge in [-0.15, -0.1) is 0 Å². The lowest BCUT2D eigenvalue weighted by molar-refractivity contribution is -0.110. The summed E-state index contributed by atoms with van der Waals surface area (Å²) < 4.78 is 5.28. The van der Waals surface area contributed by atoms with Crippen LogP contribution in [0.25, 0.3) is 11.6 Å². The van der Waals surface area contributed by atoms with Crippen molar-refractivity contribution in [3.8, 4) is 5.75 Å². The second-order valence-electron chi connectivity index (χ2n) is 7.61. The third kappa shape index (κ3) is 4.82. The van der Waals surface area contributed by atoms with Crippen molar-refractivity contribution in [2.24, 2.45) is 0 Å². The summed E-state index contributed by atoms with van der Waals surface area (Å²) in [5.74, 6) is 0.656. The molecule has 30 heavy (non-hydrogen) atoms. The Morgan fingerprint density at radius 3 is 2.63 bits per heavy atom. The Hall–Kier alpha value is -2.86. The highest BCUT2D eigenvalue weighted by molar-refractivity contribution is 6.35. The Kier molecular flexibility index (Phi) is 7.11. The number of ether oxygens (including phenoxy) is 1. The SMILES string of the molecule is CCN(CC)CCCCC(=O)c1[nH]c(/C=C2\C(=O)Nc3ccc(OC)cc32)cc1C. The molecule has 1 aliphatic heterocycles. The molecule has 6 nitrogen and oxygen atoms in total. The van der Waals surface area contributed by atoms with E-state index >= 15 is 0 Å². The average molecular weight is 410 g/mol. The van der Waals surface area contributed by atoms with Crippen molar-refractivity contribution in [1.29, 1.82) is 0 Å². The predicted octanol–water partition coefficient (Wildman–Crippen LogP) is 4.52. The highest BCUT2D eigenvalue weighted by Crippen LogP contribution is 2.35. The average Bonchev–Trinajstić information content (AvgIpc) is 3.27. The molecule has 1 aliphatic rings. The van der Waals surface area contributed by atoms with Gasteiger partial charge in [-0.2, -0.15) is 0 Å². The quantitative estimate of drug-likeness (QED) is 0.344. The lowest BCUT2D eigenvalue weighted by Crippen LogP contribution is -2.24. The number of Topliss-reactive ketones (excluding diaryl/α,β-unsaturated/α-hetero) is 1. The molecule has 2 aromatic rings. The minimum Gasteiger partial charge on any atom is -0.497 e. The third-order valence-corrected chi connectivity index (χ3v) is 5.65. The second-order valence-corrected chi connectivity index (χ2v) is 7.61. The number of nitrogens with zero attached hydrogens (tertiary/aromatic N) is 1. The number of carbonyl (C=O) groups excluding carboxylic acids is 2. The minimum absolute atomic E-state index is 0.120. The molecule has 0 bridgehead atoms. The Morgan fingerprint density at radius 2 is 1.93 bits per heavy atom. The predicted molar refractivity (Wildman–Crippen MR) is 121 cm³/mol. The van der Waals surface area contributed by atoms with E-state index in [1.807, 2.05) is 31.2 Å². The van der Waals surface area contributed by atoms with Crippen molar-refractivity contribution in [2.75, 3.05) is 32.1 Å². The van der Waals surface area contributed by atoms with Crippen molar-refractivity contribution < 1.29 is 14.3 Å². The fraction of sp³-hybridized carbons (Fsp3) is 0.417. The number of rotatable bonds is 10. The van der Waals surface area contributed by atoms with Crippen LogP contribution in [0.3, 0.4) is 0 Å². The first-order chi connectivity index (χ1) is 14.5. The van der Waals surface area contributed by atoms with Crippen LogP contribution in [0.4, 0.5) is 5.69 Å². The molecule has 6 heteroatoms. The smallest absolute Gasteiger partial charge is 0.256 e. The van der Waals surface area contributed by atoms with Gasteiger partial charge in [-0.1, -0.05) is 13.8 Å². The Bertz CT molecular complexity index is 955.